The second kappa shape index (κ2) is 66.0. The summed E-state index contributed by atoms with van der Waals surface area (Å²) in [4.78, 5) is 72.3. The van der Waals surface area contributed by atoms with Crippen molar-refractivity contribution in [1.82, 2.24) is 0 Å². The van der Waals surface area contributed by atoms with Crippen LogP contribution in [0.15, 0.2) is 0 Å². The molecule has 0 aliphatic heterocycles. The van der Waals surface area contributed by atoms with Crippen molar-refractivity contribution < 1.29 is 80.2 Å². The van der Waals surface area contributed by atoms with Crippen LogP contribution < -0.4 is 0 Å². The number of rotatable bonds is 73. The number of phosphoric ester groups is 2. The highest BCUT2D eigenvalue weighted by Gasteiger charge is 2.30. The van der Waals surface area contributed by atoms with Gasteiger partial charge in [0.1, 0.15) is 19.3 Å². The van der Waals surface area contributed by atoms with Gasteiger partial charge in [-0.25, -0.2) is 9.13 Å². The molecular formula is C74H144O17P2. The molecular weight excluding hydrogens is 1220 g/mol. The van der Waals surface area contributed by atoms with Crippen LogP contribution in [0.5, 0.6) is 0 Å². The highest BCUT2D eigenvalue weighted by Crippen LogP contribution is 2.45. The molecule has 0 amide bonds. The van der Waals surface area contributed by atoms with Crippen molar-refractivity contribution in [2.75, 3.05) is 39.6 Å². The molecule has 0 aromatic rings. The van der Waals surface area contributed by atoms with Crippen LogP contribution in [0.2, 0.25) is 0 Å². The normalized spacial score (nSPS) is 14.3. The van der Waals surface area contributed by atoms with Crippen molar-refractivity contribution in [2.24, 2.45) is 11.8 Å². The average Bonchev–Trinajstić information content (AvgIpc) is 2.92. The minimum absolute atomic E-state index is 0.101. The molecule has 0 saturated carbocycles. The van der Waals surface area contributed by atoms with Crippen LogP contribution in [-0.2, 0) is 65.4 Å². The van der Waals surface area contributed by atoms with E-state index in [1.165, 1.54) is 193 Å². The highest BCUT2D eigenvalue weighted by atomic mass is 31.2. The number of aliphatic hydroxyl groups is 1. The third kappa shape index (κ3) is 67.0. The molecule has 0 bridgehead atoms. The Morgan fingerprint density at radius 3 is 0.817 bits per heavy atom. The summed E-state index contributed by atoms with van der Waals surface area (Å²) in [7, 11) is -9.89. The second-order valence-electron chi connectivity index (χ2n) is 27.4. The van der Waals surface area contributed by atoms with E-state index in [1.807, 2.05) is 0 Å². The lowest BCUT2D eigenvalue weighted by atomic mass is 9.99. The molecule has 0 heterocycles. The summed E-state index contributed by atoms with van der Waals surface area (Å²) in [5.41, 5.74) is 0. The van der Waals surface area contributed by atoms with Gasteiger partial charge in [-0.2, -0.15) is 0 Å². The number of phosphoric acid groups is 2. The molecule has 0 aromatic carbocycles. The predicted octanol–water partition coefficient (Wildman–Crippen LogP) is 21.6. The van der Waals surface area contributed by atoms with Gasteiger partial charge in [0.15, 0.2) is 12.2 Å². The Morgan fingerprint density at radius 1 is 0.312 bits per heavy atom. The number of ether oxygens (including phenoxy) is 4. The summed E-state index contributed by atoms with van der Waals surface area (Å²) in [6, 6.07) is 0. The molecule has 19 heteroatoms. The maximum absolute atomic E-state index is 13.1. The fourth-order valence-electron chi connectivity index (χ4n) is 11.3. The Hall–Kier alpha value is -1.94. The molecule has 0 rings (SSSR count). The van der Waals surface area contributed by atoms with E-state index in [2.05, 4.69) is 41.5 Å². The Balaban J connectivity index is 5.10. The van der Waals surface area contributed by atoms with Crippen molar-refractivity contribution in [2.45, 2.75) is 400 Å². The van der Waals surface area contributed by atoms with Crippen LogP contribution in [0, 0.1) is 11.8 Å². The fourth-order valence-corrected chi connectivity index (χ4v) is 12.8. The van der Waals surface area contributed by atoms with Gasteiger partial charge in [0.25, 0.3) is 0 Å². The summed E-state index contributed by atoms with van der Waals surface area (Å²) in [5, 5.41) is 10.6. The number of carbonyl (C=O) groups is 4. The quantitative estimate of drug-likeness (QED) is 0.0222. The molecule has 0 aliphatic carbocycles. The number of unbranched alkanes of at least 4 members (excludes halogenated alkanes) is 42. The standard InChI is InChI=1S/C74H144O17P2/c1-7-10-12-14-15-16-17-18-19-22-26-29-32-35-38-45-51-57-72(77)85-63-70(90-73(78)58-52-46-39-36-33-30-27-24-21-20-23-25-28-31-34-37-44-49-55-67(6)9-3)65-89-93(82,83)87-61-68(75)60-86-92(80,81)88-64-69(62-84-71(76)56-50-42-13-11-8-2)91-74(79)59-53-47-41-40-43-48-54-66(4)5/h66-70,75H,7-65H2,1-6H3,(H,80,81)(H,82,83)/t67?,68-,69+,70+/m0/s1. The lowest BCUT2D eigenvalue weighted by Crippen LogP contribution is -2.30. The van der Waals surface area contributed by atoms with Crippen LogP contribution in [0.3, 0.4) is 0 Å². The summed E-state index contributed by atoms with van der Waals surface area (Å²) in [5.74, 6) is -0.594. The highest BCUT2D eigenvalue weighted by molar-refractivity contribution is 7.47. The molecule has 0 radical (unpaired) electrons. The van der Waals surface area contributed by atoms with Gasteiger partial charge in [0.2, 0.25) is 0 Å². The number of esters is 4. The molecule has 17 nitrogen and oxygen atoms in total. The number of aliphatic hydroxyl groups excluding tert-OH is 1. The summed E-state index contributed by atoms with van der Waals surface area (Å²) < 4.78 is 68.1. The van der Waals surface area contributed by atoms with E-state index in [9.17, 15) is 43.2 Å². The lowest BCUT2D eigenvalue weighted by Gasteiger charge is -2.21. The molecule has 552 valence electrons. The van der Waals surface area contributed by atoms with Crippen molar-refractivity contribution in [3.05, 3.63) is 0 Å². The van der Waals surface area contributed by atoms with Crippen LogP contribution in [0.4, 0.5) is 0 Å². The number of carbonyl (C=O) groups excluding carboxylic acids is 4. The first-order valence-corrected chi connectivity index (χ1v) is 41.5. The Morgan fingerprint density at radius 2 is 0.548 bits per heavy atom. The van der Waals surface area contributed by atoms with Crippen LogP contribution in [0.25, 0.3) is 0 Å². The zero-order chi connectivity index (χ0) is 68.6. The SMILES string of the molecule is CCCCCCCCCCCCCCCCCCCC(=O)OC[C@H](COP(=O)(O)OC[C@@H](O)COP(=O)(O)OC[C@@H](COC(=O)CCCCCCC)OC(=O)CCCCCCCCC(C)C)OC(=O)CCCCCCCCCCCCCCCCCCCCC(C)CC. The first kappa shape index (κ1) is 91.1. The maximum atomic E-state index is 13.1. The lowest BCUT2D eigenvalue weighted by molar-refractivity contribution is -0.161. The van der Waals surface area contributed by atoms with Gasteiger partial charge >= 0.3 is 39.5 Å². The smallest absolute Gasteiger partial charge is 0.462 e. The Kier molecular flexibility index (Phi) is 64.6. The van der Waals surface area contributed by atoms with E-state index in [0.717, 1.165) is 102 Å². The molecule has 93 heavy (non-hydrogen) atoms. The van der Waals surface area contributed by atoms with Crippen molar-refractivity contribution in [3.63, 3.8) is 0 Å². The zero-order valence-electron chi connectivity index (χ0n) is 60.6. The van der Waals surface area contributed by atoms with Gasteiger partial charge < -0.3 is 33.8 Å². The van der Waals surface area contributed by atoms with Gasteiger partial charge in [-0.05, 0) is 37.5 Å². The van der Waals surface area contributed by atoms with Crippen LogP contribution in [0.1, 0.15) is 382 Å². The molecule has 0 aliphatic rings. The fraction of sp³-hybridized carbons (Fsp3) is 0.946. The second-order valence-corrected chi connectivity index (χ2v) is 30.3. The van der Waals surface area contributed by atoms with Crippen LogP contribution >= 0.6 is 15.6 Å². The topological polar surface area (TPSA) is 237 Å². The summed E-state index contributed by atoms with van der Waals surface area (Å²) in [6.45, 7) is 9.46. The van der Waals surface area contributed by atoms with Crippen molar-refractivity contribution in [3.8, 4) is 0 Å². The molecule has 0 spiro atoms. The first-order chi connectivity index (χ1) is 44.9. The predicted molar refractivity (Wildman–Crippen MR) is 377 cm³/mol. The van der Waals surface area contributed by atoms with E-state index in [4.69, 9.17) is 37.0 Å². The minimum Gasteiger partial charge on any atom is -0.462 e. The van der Waals surface area contributed by atoms with E-state index in [1.54, 1.807) is 0 Å². The third-order valence-corrected chi connectivity index (χ3v) is 19.5. The van der Waals surface area contributed by atoms with Crippen LogP contribution in [-0.4, -0.2) is 96.7 Å². The zero-order valence-corrected chi connectivity index (χ0v) is 62.3. The monoisotopic (exact) mass is 1370 g/mol. The average molecular weight is 1370 g/mol. The molecule has 3 N–H and O–H groups in total. The Labute approximate surface area is 568 Å². The Bertz CT molecular complexity index is 1810. The molecule has 0 fully saturated rings. The molecule has 6 atom stereocenters. The van der Waals surface area contributed by atoms with Gasteiger partial charge in [-0.1, -0.05) is 330 Å². The minimum atomic E-state index is -4.95. The molecule has 0 aromatic heterocycles. The van der Waals surface area contributed by atoms with Gasteiger partial charge in [0, 0.05) is 25.7 Å². The van der Waals surface area contributed by atoms with E-state index >= 15 is 0 Å². The van der Waals surface area contributed by atoms with Gasteiger partial charge in [-0.15, -0.1) is 0 Å². The van der Waals surface area contributed by atoms with E-state index in [0.29, 0.717) is 31.6 Å². The van der Waals surface area contributed by atoms with E-state index < -0.39 is 97.5 Å². The number of hydrogen-bond acceptors (Lipinski definition) is 15. The maximum Gasteiger partial charge on any atom is 0.472 e. The van der Waals surface area contributed by atoms with Crippen molar-refractivity contribution >= 4 is 39.5 Å². The van der Waals surface area contributed by atoms with Gasteiger partial charge in [-0.3, -0.25) is 37.3 Å². The molecule has 0 saturated heterocycles. The third-order valence-electron chi connectivity index (χ3n) is 17.6. The van der Waals surface area contributed by atoms with Gasteiger partial charge in [0.05, 0.1) is 26.4 Å². The van der Waals surface area contributed by atoms with Crippen molar-refractivity contribution in [1.29, 1.82) is 0 Å². The number of hydrogen-bond donors (Lipinski definition) is 3. The first-order valence-electron chi connectivity index (χ1n) is 38.5. The molecule has 3 unspecified atom stereocenters. The largest absolute Gasteiger partial charge is 0.472 e. The summed E-state index contributed by atoms with van der Waals surface area (Å²) >= 11 is 0. The summed E-state index contributed by atoms with van der Waals surface area (Å²) in [6.07, 6.45) is 53.5. The van der Waals surface area contributed by atoms with E-state index in [-0.39, 0.29) is 25.7 Å².